The van der Waals surface area contributed by atoms with Crippen LogP contribution in [0.1, 0.15) is 29.2 Å². The molecule has 0 saturated carbocycles. The zero-order valence-corrected chi connectivity index (χ0v) is 13.8. The van der Waals surface area contributed by atoms with E-state index < -0.39 is 0 Å². The van der Waals surface area contributed by atoms with Gasteiger partial charge in [-0.05, 0) is 50.1 Å². The highest BCUT2D eigenvalue weighted by atomic mass is 16.5. The van der Waals surface area contributed by atoms with Crippen LogP contribution in [-0.4, -0.2) is 17.6 Å². The van der Waals surface area contributed by atoms with Crippen molar-refractivity contribution in [2.45, 2.75) is 33.8 Å². The van der Waals surface area contributed by atoms with E-state index in [1.165, 1.54) is 0 Å². The summed E-state index contributed by atoms with van der Waals surface area (Å²) >= 11 is 0. The molecule has 0 aromatic heterocycles. The Kier molecular flexibility index (Phi) is 5.77. The number of hydrogen-bond acceptors (Lipinski definition) is 3. The predicted molar refractivity (Wildman–Crippen MR) is 91.8 cm³/mol. The van der Waals surface area contributed by atoms with E-state index in [4.69, 9.17) is 4.74 Å². The third-order valence-corrected chi connectivity index (χ3v) is 3.67. The van der Waals surface area contributed by atoms with Gasteiger partial charge in [-0.2, -0.15) is 0 Å². The fraction of sp³-hybridized carbons (Fsp3) is 0.316. The third-order valence-electron chi connectivity index (χ3n) is 3.67. The molecule has 0 aliphatic heterocycles. The number of carbonyl (C=O) groups excluding carboxylic acids is 1. The summed E-state index contributed by atoms with van der Waals surface area (Å²) in [6.45, 7) is 6.31. The van der Waals surface area contributed by atoms with Gasteiger partial charge in [0, 0.05) is 11.3 Å². The molecule has 23 heavy (non-hydrogen) atoms. The minimum absolute atomic E-state index is 0.0771. The molecular formula is C19H23NO3. The quantitative estimate of drug-likeness (QED) is 0.859. The maximum absolute atomic E-state index is 12.3. The van der Waals surface area contributed by atoms with Crippen LogP contribution in [0, 0.1) is 13.8 Å². The normalized spacial score (nSPS) is 10.4. The van der Waals surface area contributed by atoms with Gasteiger partial charge >= 0.3 is 0 Å². The molecule has 2 aromatic carbocycles. The first-order chi connectivity index (χ1) is 11.0. The molecule has 0 unspecified atom stereocenters. The van der Waals surface area contributed by atoms with Crippen LogP contribution in [0.3, 0.4) is 0 Å². The lowest BCUT2D eigenvalue weighted by molar-refractivity contribution is -0.115. The summed E-state index contributed by atoms with van der Waals surface area (Å²) in [6, 6.07) is 11.4. The van der Waals surface area contributed by atoms with Gasteiger partial charge in [0.1, 0.15) is 5.75 Å². The lowest BCUT2D eigenvalue weighted by atomic mass is 10.0. The van der Waals surface area contributed by atoms with Crippen LogP contribution < -0.4 is 10.1 Å². The Morgan fingerprint density at radius 2 is 1.91 bits per heavy atom. The van der Waals surface area contributed by atoms with Crippen molar-refractivity contribution in [1.29, 1.82) is 0 Å². The summed E-state index contributed by atoms with van der Waals surface area (Å²) in [5, 5.41) is 12.3. The highest BCUT2D eigenvalue weighted by Crippen LogP contribution is 2.23. The van der Waals surface area contributed by atoms with E-state index in [1.807, 2.05) is 39.0 Å². The second kappa shape index (κ2) is 7.79. The van der Waals surface area contributed by atoms with Crippen molar-refractivity contribution in [3.05, 3.63) is 58.7 Å². The first-order valence-electron chi connectivity index (χ1n) is 7.76. The van der Waals surface area contributed by atoms with Gasteiger partial charge in [-0.25, -0.2) is 0 Å². The topological polar surface area (TPSA) is 58.6 Å². The molecule has 2 N–H and O–H groups in total. The Balaban J connectivity index is 2.09. The average Bonchev–Trinajstić information content (AvgIpc) is 2.52. The fourth-order valence-electron chi connectivity index (χ4n) is 2.45. The van der Waals surface area contributed by atoms with Crippen LogP contribution in [0.15, 0.2) is 36.4 Å². The van der Waals surface area contributed by atoms with Gasteiger partial charge in [0.15, 0.2) is 0 Å². The number of nitrogens with one attached hydrogen (secondary N) is 1. The molecule has 0 fully saturated rings. The largest absolute Gasteiger partial charge is 0.494 e. The van der Waals surface area contributed by atoms with Crippen LogP contribution in [0.5, 0.6) is 5.75 Å². The fourth-order valence-corrected chi connectivity index (χ4v) is 2.45. The number of anilines is 1. The van der Waals surface area contributed by atoms with E-state index in [9.17, 15) is 9.90 Å². The zero-order chi connectivity index (χ0) is 16.8. The summed E-state index contributed by atoms with van der Waals surface area (Å²) in [4.78, 5) is 12.3. The van der Waals surface area contributed by atoms with Crippen LogP contribution in [-0.2, 0) is 17.8 Å². The molecule has 2 aromatic rings. The number of ether oxygens (including phenoxy) is 1. The van der Waals surface area contributed by atoms with Crippen molar-refractivity contribution >= 4 is 11.6 Å². The lowest BCUT2D eigenvalue weighted by Crippen LogP contribution is -2.15. The van der Waals surface area contributed by atoms with Crippen LogP contribution in [0.25, 0.3) is 0 Å². The van der Waals surface area contributed by atoms with Crippen LogP contribution in [0.4, 0.5) is 5.69 Å². The van der Waals surface area contributed by atoms with E-state index >= 15 is 0 Å². The number of benzene rings is 2. The van der Waals surface area contributed by atoms with E-state index in [0.29, 0.717) is 30.0 Å². The summed E-state index contributed by atoms with van der Waals surface area (Å²) in [7, 11) is 0. The van der Waals surface area contributed by atoms with Crippen molar-refractivity contribution in [1.82, 2.24) is 0 Å². The molecule has 0 saturated heterocycles. The Labute approximate surface area is 137 Å². The number of carbonyl (C=O) groups is 1. The zero-order valence-electron chi connectivity index (χ0n) is 13.8. The standard InChI is InChI=1S/C19H23NO3/c1-4-23-18-8-7-17(10-16(18)12-21)20-19(22)11-15-9-13(2)5-6-14(15)3/h5-10,21H,4,11-12H2,1-3H3,(H,20,22). The van der Waals surface area contributed by atoms with Gasteiger partial charge in [-0.1, -0.05) is 23.8 Å². The number of amides is 1. The first kappa shape index (κ1) is 17.0. The summed E-state index contributed by atoms with van der Waals surface area (Å²) in [5.74, 6) is 0.564. The molecule has 0 aliphatic rings. The Morgan fingerprint density at radius 1 is 1.13 bits per heavy atom. The first-order valence-corrected chi connectivity index (χ1v) is 7.76. The van der Waals surface area contributed by atoms with Crippen LogP contribution in [0.2, 0.25) is 0 Å². The number of aliphatic hydroxyl groups excluding tert-OH is 1. The van der Waals surface area contributed by atoms with Gasteiger partial charge in [-0.3, -0.25) is 4.79 Å². The van der Waals surface area contributed by atoms with Gasteiger partial charge in [-0.15, -0.1) is 0 Å². The molecule has 2 rings (SSSR count). The number of aryl methyl sites for hydroxylation is 2. The predicted octanol–water partition coefficient (Wildman–Crippen LogP) is 3.38. The van der Waals surface area contributed by atoms with Crippen LogP contribution >= 0.6 is 0 Å². The highest BCUT2D eigenvalue weighted by Gasteiger charge is 2.09. The van der Waals surface area contributed by atoms with E-state index in [-0.39, 0.29) is 12.5 Å². The molecule has 122 valence electrons. The molecule has 0 aliphatic carbocycles. The number of aliphatic hydroxyl groups is 1. The Bertz CT molecular complexity index is 695. The number of rotatable bonds is 6. The average molecular weight is 313 g/mol. The molecule has 4 nitrogen and oxygen atoms in total. The smallest absolute Gasteiger partial charge is 0.228 e. The van der Waals surface area contributed by atoms with E-state index in [1.54, 1.807) is 18.2 Å². The van der Waals surface area contributed by atoms with Crippen molar-refractivity contribution in [3.8, 4) is 5.75 Å². The molecule has 0 radical (unpaired) electrons. The molecule has 0 heterocycles. The van der Waals surface area contributed by atoms with Crippen molar-refractivity contribution < 1.29 is 14.6 Å². The Hall–Kier alpha value is -2.33. The Morgan fingerprint density at radius 3 is 2.61 bits per heavy atom. The van der Waals surface area contributed by atoms with E-state index in [2.05, 4.69) is 5.32 Å². The highest BCUT2D eigenvalue weighted by molar-refractivity contribution is 5.92. The molecular weight excluding hydrogens is 290 g/mol. The minimum Gasteiger partial charge on any atom is -0.494 e. The lowest BCUT2D eigenvalue weighted by Gasteiger charge is -2.12. The van der Waals surface area contributed by atoms with E-state index in [0.717, 1.165) is 16.7 Å². The van der Waals surface area contributed by atoms with Gasteiger partial charge < -0.3 is 15.2 Å². The second-order valence-corrected chi connectivity index (χ2v) is 5.57. The molecule has 4 heteroatoms. The minimum atomic E-state index is -0.129. The van der Waals surface area contributed by atoms with Gasteiger partial charge in [0.2, 0.25) is 5.91 Å². The maximum atomic E-state index is 12.3. The van der Waals surface area contributed by atoms with Crippen molar-refractivity contribution in [2.24, 2.45) is 0 Å². The summed E-state index contributed by atoms with van der Waals surface area (Å²) < 4.78 is 5.44. The van der Waals surface area contributed by atoms with Gasteiger partial charge in [0.25, 0.3) is 0 Å². The van der Waals surface area contributed by atoms with Gasteiger partial charge in [0.05, 0.1) is 19.6 Å². The molecule has 1 amide bonds. The summed E-state index contributed by atoms with van der Waals surface area (Å²) in [5.41, 5.74) is 4.59. The van der Waals surface area contributed by atoms with Crippen molar-refractivity contribution in [3.63, 3.8) is 0 Å². The monoisotopic (exact) mass is 313 g/mol. The second-order valence-electron chi connectivity index (χ2n) is 5.57. The molecule has 0 spiro atoms. The number of hydrogen-bond donors (Lipinski definition) is 2. The molecule has 0 bridgehead atoms. The molecule has 0 atom stereocenters. The summed E-state index contributed by atoms with van der Waals surface area (Å²) in [6.07, 6.45) is 0.329. The van der Waals surface area contributed by atoms with Crippen molar-refractivity contribution in [2.75, 3.05) is 11.9 Å². The third kappa shape index (κ3) is 4.57. The SMILES string of the molecule is CCOc1ccc(NC(=O)Cc2cc(C)ccc2C)cc1CO. The maximum Gasteiger partial charge on any atom is 0.228 e.